The summed E-state index contributed by atoms with van der Waals surface area (Å²) in [7, 11) is 0. The van der Waals surface area contributed by atoms with Gasteiger partial charge < -0.3 is 18.6 Å². The van der Waals surface area contributed by atoms with Gasteiger partial charge in [0.2, 0.25) is 0 Å². The number of rotatable bonds is 8. The minimum atomic E-state index is -0.256. The highest BCUT2D eigenvalue weighted by atomic mass is 16.3. The molecule has 12 aromatic rings. The first-order valence-electron chi connectivity index (χ1n) is 24.4. The molecule has 69 heavy (non-hydrogen) atoms. The molecule has 0 fully saturated rings. The number of fused-ring (bicyclic) bond motifs is 12. The molecule has 13 rings (SSSR count). The van der Waals surface area contributed by atoms with Crippen molar-refractivity contribution in [3.05, 3.63) is 216 Å². The first kappa shape index (κ1) is 41.1. The van der Waals surface area contributed by atoms with Crippen LogP contribution in [0.1, 0.15) is 75.6 Å². The van der Waals surface area contributed by atoms with Crippen molar-refractivity contribution in [3.8, 4) is 11.1 Å². The van der Waals surface area contributed by atoms with Gasteiger partial charge in [-0.1, -0.05) is 151 Å². The molecule has 0 radical (unpaired) electrons. The van der Waals surface area contributed by atoms with Gasteiger partial charge in [0.1, 0.15) is 11.2 Å². The van der Waals surface area contributed by atoms with E-state index < -0.39 is 0 Å². The van der Waals surface area contributed by atoms with E-state index in [4.69, 9.17) is 8.83 Å². The van der Waals surface area contributed by atoms with E-state index in [0.717, 1.165) is 78.0 Å². The van der Waals surface area contributed by atoms with Crippen molar-refractivity contribution in [1.29, 1.82) is 0 Å². The molecule has 2 heterocycles. The van der Waals surface area contributed by atoms with E-state index in [0.29, 0.717) is 11.8 Å². The fourth-order valence-electron chi connectivity index (χ4n) is 11.3. The van der Waals surface area contributed by atoms with Crippen molar-refractivity contribution in [2.24, 2.45) is 0 Å². The van der Waals surface area contributed by atoms with Gasteiger partial charge in [-0.2, -0.15) is 0 Å². The number of nitrogens with zero attached hydrogens (tertiary/aromatic N) is 2. The second-order valence-corrected chi connectivity index (χ2v) is 20.1. The summed E-state index contributed by atoms with van der Waals surface area (Å²) >= 11 is 0. The number of hydrogen-bond donors (Lipinski definition) is 0. The molecular formula is C65H52N2O2. The molecule has 10 aromatic carbocycles. The molecule has 0 N–H and O–H groups in total. The SMILES string of the molecule is CC(C)c1ccc(N(c2ccc3cc4c(cc3c2)C(C)(C)c2c-4ccc3cc(N(c4ccc(C(C)C)cc4)c4cccc5c4oc4ccccc45)ccc23)c2cccc3c2oc2ccccc23)cc1. The number of para-hydroxylation sites is 4. The molecule has 0 bridgehead atoms. The Hall–Kier alpha value is -8.08. The number of anilines is 6. The van der Waals surface area contributed by atoms with Gasteiger partial charge in [-0.3, -0.25) is 0 Å². The van der Waals surface area contributed by atoms with Crippen molar-refractivity contribution < 1.29 is 8.83 Å². The Balaban J connectivity index is 0.931. The lowest BCUT2D eigenvalue weighted by atomic mass is 9.79. The van der Waals surface area contributed by atoms with Crippen LogP contribution in [0.4, 0.5) is 34.1 Å². The van der Waals surface area contributed by atoms with Crippen LogP contribution in [0.2, 0.25) is 0 Å². The molecule has 0 saturated heterocycles. The number of benzene rings is 10. The standard InChI is InChI=1S/C65H52N2O2/c1-39(2)41-21-27-46(28-22-41)66(58-17-11-15-54-51-13-7-9-19-60(51)68-63(54)58)48-31-25-43-37-56-53-33-26-44-35-49(32-34-50(44)62(53)65(5,6)57(56)38-45(43)36-48)67(47-29-23-42(24-30-47)40(3)4)59-18-12-16-55-52-14-8-10-20-61(52)69-64(55)59/h7-40H,1-6H3. The van der Waals surface area contributed by atoms with Crippen LogP contribution < -0.4 is 9.80 Å². The van der Waals surface area contributed by atoms with Crippen LogP contribution in [0.25, 0.3) is 76.5 Å². The van der Waals surface area contributed by atoms with Crippen LogP contribution in [-0.2, 0) is 5.41 Å². The number of furan rings is 2. The van der Waals surface area contributed by atoms with E-state index in [1.54, 1.807) is 0 Å². The van der Waals surface area contributed by atoms with E-state index in [9.17, 15) is 0 Å². The fourth-order valence-corrected chi connectivity index (χ4v) is 11.3. The van der Waals surface area contributed by atoms with Crippen LogP contribution in [0.5, 0.6) is 0 Å². The minimum Gasteiger partial charge on any atom is -0.454 e. The van der Waals surface area contributed by atoms with Gasteiger partial charge in [0.25, 0.3) is 0 Å². The Kier molecular flexibility index (Phi) is 9.23. The van der Waals surface area contributed by atoms with Crippen LogP contribution >= 0.6 is 0 Å². The van der Waals surface area contributed by atoms with Crippen LogP contribution in [0, 0.1) is 0 Å². The molecule has 1 aliphatic carbocycles. The molecule has 0 saturated carbocycles. The summed E-state index contributed by atoms with van der Waals surface area (Å²) in [5.41, 5.74) is 17.6. The minimum absolute atomic E-state index is 0.256. The lowest BCUT2D eigenvalue weighted by Crippen LogP contribution is -2.16. The zero-order valence-corrected chi connectivity index (χ0v) is 39.8. The Morgan fingerprint density at radius 1 is 0.377 bits per heavy atom. The summed E-state index contributed by atoms with van der Waals surface area (Å²) in [5.74, 6) is 0.874. The molecule has 0 aliphatic heterocycles. The first-order chi connectivity index (χ1) is 33.6. The Morgan fingerprint density at radius 2 is 0.855 bits per heavy atom. The predicted molar refractivity (Wildman–Crippen MR) is 291 cm³/mol. The normalized spacial score (nSPS) is 13.2. The van der Waals surface area contributed by atoms with Crippen molar-refractivity contribution in [2.75, 3.05) is 9.80 Å². The maximum atomic E-state index is 6.67. The van der Waals surface area contributed by atoms with E-state index in [-0.39, 0.29) is 5.41 Å². The topological polar surface area (TPSA) is 32.8 Å². The van der Waals surface area contributed by atoms with Crippen LogP contribution in [0.3, 0.4) is 0 Å². The summed E-state index contributed by atoms with van der Waals surface area (Å²) in [6, 6.07) is 71.2. The predicted octanol–water partition coefficient (Wildman–Crippen LogP) is 19.3. The smallest absolute Gasteiger partial charge is 0.159 e. The highest BCUT2D eigenvalue weighted by Gasteiger charge is 2.37. The van der Waals surface area contributed by atoms with Crippen molar-refractivity contribution in [2.45, 2.75) is 58.8 Å². The maximum absolute atomic E-state index is 6.67. The Morgan fingerprint density at radius 3 is 1.41 bits per heavy atom. The van der Waals surface area contributed by atoms with E-state index >= 15 is 0 Å². The van der Waals surface area contributed by atoms with Gasteiger partial charge in [-0.05, 0) is 152 Å². The molecule has 0 spiro atoms. The van der Waals surface area contributed by atoms with Crippen molar-refractivity contribution in [3.63, 3.8) is 0 Å². The zero-order valence-electron chi connectivity index (χ0n) is 39.8. The van der Waals surface area contributed by atoms with E-state index in [2.05, 4.69) is 233 Å². The van der Waals surface area contributed by atoms with Crippen molar-refractivity contribution in [1.82, 2.24) is 0 Å². The molecule has 1 aliphatic rings. The summed E-state index contributed by atoms with van der Waals surface area (Å²) in [5, 5.41) is 9.37. The summed E-state index contributed by atoms with van der Waals surface area (Å²) < 4.78 is 13.3. The summed E-state index contributed by atoms with van der Waals surface area (Å²) in [6.45, 7) is 13.8. The third-order valence-corrected chi connectivity index (χ3v) is 15.0. The summed E-state index contributed by atoms with van der Waals surface area (Å²) in [6.07, 6.45) is 0. The lowest BCUT2D eigenvalue weighted by molar-refractivity contribution is 0.667. The zero-order chi connectivity index (χ0) is 46.7. The average molecular weight is 893 g/mol. The molecule has 4 nitrogen and oxygen atoms in total. The largest absolute Gasteiger partial charge is 0.454 e. The molecule has 0 unspecified atom stereocenters. The third-order valence-electron chi connectivity index (χ3n) is 15.0. The monoisotopic (exact) mass is 892 g/mol. The second kappa shape index (κ2) is 15.5. The summed E-state index contributed by atoms with van der Waals surface area (Å²) in [4.78, 5) is 4.73. The van der Waals surface area contributed by atoms with E-state index in [1.807, 2.05) is 12.1 Å². The van der Waals surface area contributed by atoms with Crippen LogP contribution in [-0.4, -0.2) is 0 Å². The van der Waals surface area contributed by atoms with E-state index in [1.165, 1.54) is 54.9 Å². The van der Waals surface area contributed by atoms with Crippen molar-refractivity contribution >= 4 is 99.5 Å². The first-order valence-corrected chi connectivity index (χ1v) is 24.4. The molecular weight excluding hydrogens is 841 g/mol. The van der Waals surface area contributed by atoms with Gasteiger partial charge in [-0.25, -0.2) is 0 Å². The van der Waals surface area contributed by atoms with Gasteiger partial charge in [0.15, 0.2) is 11.2 Å². The molecule has 4 heteroatoms. The third kappa shape index (κ3) is 6.42. The Bertz CT molecular complexity index is 4000. The maximum Gasteiger partial charge on any atom is 0.159 e. The highest BCUT2D eigenvalue weighted by Crippen LogP contribution is 2.54. The lowest BCUT2D eigenvalue weighted by Gasteiger charge is -2.27. The van der Waals surface area contributed by atoms with Gasteiger partial charge in [0, 0.05) is 49.7 Å². The molecule has 334 valence electrons. The van der Waals surface area contributed by atoms with Crippen LogP contribution in [0.15, 0.2) is 203 Å². The van der Waals surface area contributed by atoms with Gasteiger partial charge in [0.05, 0.1) is 11.4 Å². The number of hydrogen-bond acceptors (Lipinski definition) is 4. The fraction of sp³-hybridized carbons (Fsp3) is 0.138. The molecule has 0 atom stereocenters. The second-order valence-electron chi connectivity index (χ2n) is 20.1. The molecule has 0 amide bonds. The quantitative estimate of drug-likeness (QED) is 0.152. The van der Waals surface area contributed by atoms with Gasteiger partial charge >= 0.3 is 0 Å². The Labute approximate surface area is 402 Å². The van der Waals surface area contributed by atoms with Gasteiger partial charge in [-0.15, -0.1) is 0 Å². The highest BCUT2D eigenvalue weighted by molar-refractivity contribution is 6.12. The average Bonchev–Trinajstić information content (AvgIpc) is 4.02. The molecule has 2 aromatic heterocycles.